The lowest BCUT2D eigenvalue weighted by molar-refractivity contribution is -0.139. The van der Waals surface area contributed by atoms with Crippen molar-refractivity contribution >= 4 is 11.9 Å². The summed E-state index contributed by atoms with van der Waals surface area (Å²) in [5, 5.41) is 11.4. The smallest absolute Gasteiger partial charge is 0.341 e. The van der Waals surface area contributed by atoms with Crippen molar-refractivity contribution in [2.75, 3.05) is 13.2 Å². The molecule has 0 heterocycles. The van der Waals surface area contributed by atoms with Gasteiger partial charge >= 0.3 is 5.97 Å². The third kappa shape index (κ3) is 6.47. The molecule has 0 fully saturated rings. The van der Waals surface area contributed by atoms with E-state index >= 15 is 0 Å². The van der Waals surface area contributed by atoms with E-state index in [0.29, 0.717) is 24.5 Å². The zero-order valence-electron chi connectivity index (χ0n) is 14.9. The first-order valence-electron chi connectivity index (χ1n) is 8.38. The predicted octanol–water partition coefficient (Wildman–Crippen LogP) is 2.58. The molecule has 1 amide bonds. The lowest BCUT2D eigenvalue weighted by Crippen LogP contribution is -2.37. The highest BCUT2D eigenvalue weighted by atomic mass is 16.5. The Hall–Kier alpha value is -3.02. The Morgan fingerprint density at radius 2 is 1.85 bits per heavy atom. The molecule has 2 rings (SSSR count). The minimum Gasteiger partial charge on any atom is -0.482 e. The Kier molecular flexibility index (Phi) is 7.02. The van der Waals surface area contributed by atoms with Crippen LogP contribution in [0.3, 0.4) is 0 Å². The van der Waals surface area contributed by atoms with E-state index in [-0.39, 0.29) is 12.5 Å². The van der Waals surface area contributed by atoms with Crippen LogP contribution < -0.4 is 14.8 Å². The van der Waals surface area contributed by atoms with Crippen LogP contribution in [0.2, 0.25) is 0 Å². The van der Waals surface area contributed by atoms with Crippen molar-refractivity contribution in [2.45, 2.75) is 26.4 Å². The van der Waals surface area contributed by atoms with Gasteiger partial charge in [0.1, 0.15) is 11.5 Å². The molecule has 2 N–H and O–H groups in total. The SMILES string of the molecule is Cc1cccc(OC(C)C(=O)NCCc2ccc(OCC(=O)O)cc2)c1. The number of carbonyl (C=O) groups is 2. The van der Waals surface area contributed by atoms with Crippen LogP contribution in [-0.4, -0.2) is 36.2 Å². The molecular weight excluding hydrogens is 334 g/mol. The van der Waals surface area contributed by atoms with Crippen molar-refractivity contribution < 1.29 is 24.2 Å². The van der Waals surface area contributed by atoms with Gasteiger partial charge in [-0.15, -0.1) is 0 Å². The van der Waals surface area contributed by atoms with Gasteiger partial charge in [0.2, 0.25) is 0 Å². The average molecular weight is 357 g/mol. The lowest BCUT2D eigenvalue weighted by atomic mass is 10.1. The first-order valence-corrected chi connectivity index (χ1v) is 8.38. The van der Waals surface area contributed by atoms with Crippen LogP contribution in [0.1, 0.15) is 18.1 Å². The van der Waals surface area contributed by atoms with Crippen LogP contribution in [0.15, 0.2) is 48.5 Å². The van der Waals surface area contributed by atoms with Gasteiger partial charge < -0.3 is 19.9 Å². The van der Waals surface area contributed by atoms with Gasteiger partial charge in [0.15, 0.2) is 12.7 Å². The maximum absolute atomic E-state index is 12.1. The Morgan fingerprint density at radius 1 is 1.12 bits per heavy atom. The fourth-order valence-corrected chi connectivity index (χ4v) is 2.32. The number of carbonyl (C=O) groups excluding carboxylic acids is 1. The third-order valence-corrected chi connectivity index (χ3v) is 3.67. The standard InChI is InChI=1S/C20H23NO5/c1-14-4-3-5-18(12-14)26-15(2)20(24)21-11-10-16-6-8-17(9-7-16)25-13-19(22)23/h3-9,12,15H,10-11,13H2,1-2H3,(H,21,24)(H,22,23). The second-order valence-corrected chi connectivity index (χ2v) is 5.94. The molecule has 138 valence electrons. The summed E-state index contributed by atoms with van der Waals surface area (Å²) in [7, 11) is 0. The van der Waals surface area contributed by atoms with Crippen molar-refractivity contribution in [3.05, 3.63) is 59.7 Å². The number of rotatable bonds is 9. The molecule has 0 radical (unpaired) electrons. The molecule has 2 aromatic carbocycles. The van der Waals surface area contributed by atoms with Crippen molar-refractivity contribution in [1.29, 1.82) is 0 Å². The molecule has 0 aliphatic carbocycles. The summed E-state index contributed by atoms with van der Waals surface area (Å²) in [5.74, 6) is -0.0170. The van der Waals surface area contributed by atoms with E-state index in [9.17, 15) is 9.59 Å². The molecule has 0 bridgehead atoms. The Bertz CT molecular complexity index is 742. The summed E-state index contributed by atoms with van der Waals surface area (Å²) >= 11 is 0. The van der Waals surface area contributed by atoms with E-state index < -0.39 is 12.1 Å². The van der Waals surface area contributed by atoms with Gasteiger partial charge in [-0.25, -0.2) is 4.79 Å². The van der Waals surface area contributed by atoms with Gasteiger partial charge in [0.25, 0.3) is 5.91 Å². The van der Waals surface area contributed by atoms with Crippen molar-refractivity contribution in [2.24, 2.45) is 0 Å². The number of hydrogen-bond acceptors (Lipinski definition) is 4. The van der Waals surface area contributed by atoms with E-state index in [2.05, 4.69) is 5.32 Å². The highest BCUT2D eigenvalue weighted by Gasteiger charge is 2.14. The molecule has 1 atom stereocenters. The summed E-state index contributed by atoms with van der Waals surface area (Å²) in [6.07, 6.45) is 0.0749. The Labute approximate surface area is 152 Å². The lowest BCUT2D eigenvalue weighted by Gasteiger charge is -2.15. The Balaban J connectivity index is 1.74. The van der Waals surface area contributed by atoms with Gasteiger partial charge in [-0.05, 0) is 55.7 Å². The van der Waals surface area contributed by atoms with Crippen LogP contribution in [0.25, 0.3) is 0 Å². The highest BCUT2D eigenvalue weighted by molar-refractivity contribution is 5.80. The second kappa shape index (κ2) is 9.46. The number of nitrogens with one attached hydrogen (secondary N) is 1. The van der Waals surface area contributed by atoms with Gasteiger partial charge in [0, 0.05) is 6.54 Å². The van der Waals surface area contributed by atoms with E-state index in [1.54, 1.807) is 19.1 Å². The first-order chi connectivity index (χ1) is 12.4. The number of hydrogen-bond donors (Lipinski definition) is 2. The summed E-state index contributed by atoms with van der Waals surface area (Å²) in [6, 6.07) is 14.7. The maximum atomic E-state index is 12.1. The summed E-state index contributed by atoms with van der Waals surface area (Å²) < 4.78 is 10.7. The molecule has 0 saturated carbocycles. The van der Waals surface area contributed by atoms with Crippen molar-refractivity contribution in [3.63, 3.8) is 0 Å². The van der Waals surface area contributed by atoms with E-state index in [4.69, 9.17) is 14.6 Å². The number of benzene rings is 2. The molecule has 2 aromatic rings. The van der Waals surface area contributed by atoms with Crippen LogP contribution in [0.5, 0.6) is 11.5 Å². The zero-order valence-corrected chi connectivity index (χ0v) is 14.9. The number of aliphatic carboxylic acids is 1. The number of amides is 1. The van der Waals surface area contributed by atoms with Crippen LogP contribution in [0.4, 0.5) is 0 Å². The monoisotopic (exact) mass is 357 g/mol. The molecule has 0 saturated heterocycles. The molecule has 6 heteroatoms. The largest absolute Gasteiger partial charge is 0.482 e. The normalized spacial score (nSPS) is 11.5. The first kappa shape index (κ1) is 19.3. The van der Waals surface area contributed by atoms with E-state index in [1.807, 2.05) is 43.3 Å². The molecule has 0 aliphatic heterocycles. The minimum atomic E-state index is -1.02. The second-order valence-electron chi connectivity index (χ2n) is 5.94. The van der Waals surface area contributed by atoms with E-state index in [0.717, 1.165) is 11.1 Å². The number of carboxylic acids is 1. The van der Waals surface area contributed by atoms with Crippen LogP contribution in [-0.2, 0) is 16.0 Å². The van der Waals surface area contributed by atoms with Crippen molar-refractivity contribution in [3.8, 4) is 11.5 Å². The zero-order chi connectivity index (χ0) is 18.9. The van der Waals surface area contributed by atoms with Crippen molar-refractivity contribution in [1.82, 2.24) is 5.32 Å². The summed E-state index contributed by atoms with van der Waals surface area (Å²) in [5.41, 5.74) is 2.09. The fourth-order valence-electron chi connectivity index (χ4n) is 2.32. The van der Waals surface area contributed by atoms with Crippen LogP contribution >= 0.6 is 0 Å². The van der Waals surface area contributed by atoms with Gasteiger partial charge in [0.05, 0.1) is 0 Å². The van der Waals surface area contributed by atoms with Crippen LogP contribution in [0, 0.1) is 6.92 Å². The average Bonchev–Trinajstić information content (AvgIpc) is 2.61. The number of aryl methyl sites for hydroxylation is 1. The van der Waals surface area contributed by atoms with Gasteiger partial charge in [-0.3, -0.25) is 4.79 Å². The Morgan fingerprint density at radius 3 is 2.50 bits per heavy atom. The minimum absolute atomic E-state index is 0.173. The maximum Gasteiger partial charge on any atom is 0.341 e. The molecule has 1 unspecified atom stereocenters. The quantitative estimate of drug-likeness (QED) is 0.720. The molecular formula is C20H23NO5. The number of ether oxygens (including phenoxy) is 2. The molecule has 6 nitrogen and oxygen atoms in total. The number of carboxylic acid groups (broad SMARTS) is 1. The molecule has 26 heavy (non-hydrogen) atoms. The molecule has 0 aliphatic rings. The third-order valence-electron chi connectivity index (χ3n) is 3.67. The van der Waals surface area contributed by atoms with E-state index in [1.165, 1.54) is 0 Å². The van der Waals surface area contributed by atoms with Gasteiger partial charge in [-0.2, -0.15) is 0 Å². The fraction of sp³-hybridized carbons (Fsp3) is 0.300. The topological polar surface area (TPSA) is 84.9 Å². The highest BCUT2D eigenvalue weighted by Crippen LogP contribution is 2.14. The predicted molar refractivity (Wildman–Crippen MR) is 97.6 cm³/mol. The summed E-state index contributed by atoms with van der Waals surface area (Å²) in [6.45, 7) is 3.80. The molecule has 0 spiro atoms. The van der Waals surface area contributed by atoms with Gasteiger partial charge in [-0.1, -0.05) is 24.3 Å². The molecule has 0 aromatic heterocycles. The summed E-state index contributed by atoms with van der Waals surface area (Å²) in [4.78, 5) is 22.6.